The Kier molecular flexibility index (Phi) is 5.23. The number of ether oxygens (including phenoxy) is 1. The van der Waals surface area contributed by atoms with Gasteiger partial charge in [-0.2, -0.15) is 4.31 Å². The second-order valence-corrected chi connectivity index (χ2v) is 10.2. The molecule has 5 rings (SSSR count). The van der Waals surface area contributed by atoms with E-state index in [9.17, 15) is 8.42 Å². The van der Waals surface area contributed by atoms with Crippen LogP contribution >= 0.6 is 11.3 Å². The molecule has 0 aliphatic carbocycles. The van der Waals surface area contributed by atoms with Gasteiger partial charge in [0.2, 0.25) is 0 Å². The van der Waals surface area contributed by atoms with Crippen LogP contribution in [0.3, 0.4) is 0 Å². The van der Waals surface area contributed by atoms with E-state index in [1.165, 1.54) is 15.6 Å². The lowest BCUT2D eigenvalue weighted by molar-refractivity contribution is 0.122. The molecule has 156 valence electrons. The van der Waals surface area contributed by atoms with Crippen molar-refractivity contribution >= 4 is 27.2 Å². The molecule has 2 aliphatic rings. The Morgan fingerprint density at radius 1 is 1.03 bits per heavy atom. The molecule has 0 aromatic carbocycles. The van der Waals surface area contributed by atoms with Gasteiger partial charge in [-0.25, -0.2) is 18.4 Å². The van der Waals surface area contributed by atoms with Gasteiger partial charge in [-0.1, -0.05) is 12.1 Å². The average Bonchev–Trinajstić information content (AvgIpc) is 3.35. The molecule has 0 unspecified atom stereocenters. The van der Waals surface area contributed by atoms with Crippen LogP contribution in [-0.2, 0) is 27.7 Å². The molecule has 30 heavy (non-hydrogen) atoms. The summed E-state index contributed by atoms with van der Waals surface area (Å²) in [4.78, 5) is 16.2. The summed E-state index contributed by atoms with van der Waals surface area (Å²) in [6.07, 6.45) is 2.27. The van der Waals surface area contributed by atoms with Gasteiger partial charge in [0.25, 0.3) is 10.0 Å². The quantitative estimate of drug-likeness (QED) is 0.611. The van der Waals surface area contributed by atoms with E-state index >= 15 is 0 Å². The van der Waals surface area contributed by atoms with Crippen molar-refractivity contribution in [3.63, 3.8) is 0 Å². The summed E-state index contributed by atoms with van der Waals surface area (Å²) in [5, 5.41) is 1.78. The van der Waals surface area contributed by atoms with E-state index in [0.717, 1.165) is 17.1 Å². The van der Waals surface area contributed by atoms with Gasteiger partial charge in [-0.3, -0.25) is 4.98 Å². The molecule has 1 fully saturated rings. The number of nitrogens with zero attached hydrogens (tertiary/aromatic N) is 5. The van der Waals surface area contributed by atoms with Crippen molar-refractivity contribution in [2.75, 3.05) is 37.7 Å². The van der Waals surface area contributed by atoms with Crippen LogP contribution in [0.4, 0.5) is 5.82 Å². The maximum absolute atomic E-state index is 13.1. The first-order valence-electron chi connectivity index (χ1n) is 9.80. The molecule has 0 bridgehead atoms. The Labute approximate surface area is 179 Å². The fraction of sp³-hybridized carbons (Fsp3) is 0.350. The SMILES string of the molecule is O=S(=O)(c1cccs1)N1CCc2nc(-c3ccccn3)nc(N3CCOCC3)c2C1. The van der Waals surface area contributed by atoms with Crippen LogP contribution in [0, 0.1) is 0 Å². The molecule has 0 spiro atoms. The summed E-state index contributed by atoms with van der Waals surface area (Å²) in [5.74, 6) is 1.36. The largest absolute Gasteiger partial charge is 0.378 e. The predicted molar refractivity (Wildman–Crippen MR) is 114 cm³/mol. The number of pyridine rings is 1. The zero-order valence-corrected chi connectivity index (χ0v) is 17.9. The molecule has 1 saturated heterocycles. The minimum Gasteiger partial charge on any atom is -0.378 e. The molecule has 0 atom stereocenters. The summed E-state index contributed by atoms with van der Waals surface area (Å²) in [6, 6.07) is 9.07. The minimum atomic E-state index is -3.53. The van der Waals surface area contributed by atoms with Gasteiger partial charge >= 0.3 is 0 Å². The summed E-state index contributed by atoms with van der Waals surface area (Å²) in [5.41, 5.74) is 2.48. The molecule has 5 heterocycles. The van der Waals surface area contributed by atoms with Crippen LogP contribution in [0.15, 0.2) is 46.1 Å². The van der Waals surface area contributed by atoms with Crippen molar-refractivity contribution in [2.24, 2.45) is 0 Å². The zero-order valence-electron chi connectivity index (χ0n) is 16.3. The fourth-order valence-corrected chi connectivity index (χ4v) is 6.31. The van der Waals surface area contributed by atoms with E-state index in [-0.39, 0.29) is 6.54 Å². The highest BCUT2D eigenvalue weighted by atomic mass is 32.2. The van der Waals surface area contributed by atoms with Crippen LogP contribution in [0.5, 0.6) is 0 Å². The number of morpholine rings is 1. The third-order valence-electron chi connectivity index (χ3n) is 5.30. The average molecular weight is 444 g/mol. The van der Waals surface area contributed by atoms with Crippen molar-refractivity contribution in [1.29, 1.82) is 0 Å². The highest BCUT2D eigenvalue weighted by Gasteiger charge is 2.33. The van der Waals surface area contributed by atoms with E-state index in [0.29, 0.717) is 55.0 Å². The van der Waals surface area contributed by atoms with Crippen LogP contribution < -0.4 is 4.90 Å². The third-order valence-corrected chi connectivity index (χ3v) is 8.52. The maximum Gasteiger partial charge on any atom is 0.252 e. The molecule has 10 heteroatoms. The van der Waals surface area contributed by atoms with Crippen LogP contribution in [0.2, 0.25) is 0 Å². The third kappa shape index (κ3) is 3.60. The van der Waals surface area contributed by atoms with Gasteiger partial charge in [-0.05, 0) is 23.6 Å². The lowest BCUT2D eigenvalue weighted by Gasteiger charge is -2.34. The number of rotatable bonds is 4. The summed E-state index contributed by atoms with van der Waals surface area (Å²) in [6.45, 7) is 3.33. The van der Waals surface area contributed by atoms with E-state index in [1.54, 1.807) is 23.7 Å². The maximum atomic E-state index is 13.1. The molecule has 0 radical (unpaired) electrons. The van der Waals surface area contributed by atoms with Crippen molar-refractivity contribution in [3.8, 4) is 11.5 Å². The molecule has 8 nitrogen and oxygen atoms in total. The molecule has 2 aliphatic heterocycles. The number of hydrogen-bond acceptors (Lipinski definition) is 8. The predicted octanol–water partition coefficient (Wildman–Crippen LogP) is 2.18. The number of anilines is 1. The monoisotopic (exact) mass is 443 g/mol. The molecule has 0 saturated carbocycles. The van der Waals surface area contributed by atoms with E-state index in [1.807, 2.05) is 18.2 Å². The standard InChI is InChI=1S/C20H21N5O3S2/c26-30(27,18-5-3-13-29-18)25-8-6-16-15(14-25)20(24-9-11-28-12-10-24)23-19(22-16)17-4-1-2-7-21-17/h1-5,7,13H,6,8-12,14H2. The minimum absolute atomic E-state index is 0.269. The highest BCUT2D eigenvalue weighted by Crippen LogP contribution is 2.32. The summed E-state index contributed by atoms with van der Waals surface area (Å²) >= 11 is 1.24. The number of hydrogen-bond donors (Lipinski definition) is 0. The van der Waals surface area contributed by atoms with Gasteiger partial charge < -0.3 is 9.64 Å². The van der Waals surface area contributed by atoms with Gasteiger partial charge in [0.05, 0.1) is 18.9 Å². The molecule has 0 N–H and O–H groups in total. The number of sulfonamides is 1. The topological polar surface area (TPSA) is 88.5 Å². The van der Waals surface area contributed by atoms with Gasteiger partial charge in [0.15, 0.2) is 5.82 Å². The fourth-order valence-electron chi connectivity index (χ4n) is 3.76. The number of fused-ring (bicyclic) bond motifs is 1. The van der Waals surface area contributed by atoms with E-state index in [4.69, 9.17) is 14.7 Å². The summed E-state index contributed by atoms with van der Waals surface area (Å²) in [7, 11) is -3.53. The Hall–Kier alpha value is -2.40. The van der Waals surface area contributed by atoms with E-state index < -0.39 is 10.0 Å². The highest BCUT2D eigenvalue weighted by molar-refractivity contribution is 7.91. The normalized spacial score (nSPS) is 17.7. The molecular formula is C20H21N5O3S2. The number of aromatic nitrogens is 3. The first-order valence-corrected chi connectivity index (χ1v) is 12.1. The summed E-state index contributed by atoms with van der Waals surface area (Å²) < 4.78 is 33.6. The smallest absolute Gasteiger partial charge is 0.252 e. The molecular weight excluding hydrogens is 422 g/mol. The van der Waals surface area contributed by atoms with Crippen molar-refractivity contribution in [1.82, 2.24) is 19.3 Å². The first kappa shape index (κ1) is 19.6. The second-order valence-electron chi connectivity index (χ2n) is 7.13. The lowest BCUT2D eigenvalue weighted by Crippen LogP contribution is -2.41. The Morgan fingerprint density at radius 2 is 1.90 bits per heavy atom. The second kappa shape index (κ2) is 8.03. The Bertz CT molecular complexity index is 1130. The van der Waals surface area contributed by atoms with E-state index in [2.05, 4.69) is 9.88 Å². The van der Waals surface area contributed by atoms with Gasteiger partial charge in [0.1, 0.15) is 15.7 Å². The van der Waals surface area contributed by atoms with Gasteiger partial charge in [0, 0.05) is 44.4 Å². The van der Waals surface area contributed by atoms with Gasteiger partial charge in [-0.15, -0.1) is 11.3 Å². The van der Waals surface area contributed by atoms with Crippen molar-refractivity contribution < 1.29 is 13.2 Å². The zero-order chi connectivity index (χ0) is 20.6. The molecule has 0 amide bonds. The van der Waals surface area contributed by atoms with Crippen LogP contribution in [0.25, 0.3) is 11.5 Å². The van der Waals surface area contributed by atoms with Crippen LogP contribution in [0.1, 0.15) is 11.3 Å². The van der Waals surface area contributed by atoms with Crippen LogP contribution in [-0.4, -0.2) is 60.5 Å². The Morgan fingerprint density at radius 3 is 2.63 bits per heavy atom. The lowest BCUT2D eigenvalue weighted by atomic mass is 10.1. The first-order chi connectivity index (χ1) is 14.6. The Balaban J connectivity index is 1.57. The van der Waals surface area contributed by atoms with Crippen molar-refractivity contribution in [3.05, 3.63) is 53.2 Å². The molecule has 3 aromatic rings. The number of thiophene rings is 1. The molecule has 3 aromatic heterocycles. The van der Waals surface area contributed by atoms with Crippen molar-refractivity contribution in [2.45, 2.75) is 17.2 Å².